The van der Waals surface area contributed by atoms with Crippen molar-refractivity contribution in [3.05, 3.63) is 58.6 Å². The van der Waals surface area contributed by atoms with Crippen molar-refractivity contribution in [3.8, 4) is 11.1 Å². The Labute approximate surface area is 115 Å². The lowest BCUT2D eigenvalue weighted by atomic mass is 10.1. The van der Waals surface area contributed by atoms with Crippen molar-refractivity contribution < 1.29 is 4.92 Å². The van der Waals surface area contributed by atoms with E-state index >= 15 is 0 Å². The Hall–Kier alpha value is -0.914. The smallest absolute Gasteiger partial charge is 0.296 e. The van der Waals surface area contributed by atoms with Gasteiger partial charge in [-0.2, -0.15) is 3.69 Å². The second kappa shape index (κ2) is 5.62. The van der Waals surface area contributed by atoms with Gasteiger partial charge in [0.15, 0.2) is 0 Å². The monoisotopic (exact) mass is 301 g/mol. The molecule has 0 radical (unpaired) electrons. The third-order valence-electron chi connectivity index (χ3n) is 2.52. The molecule has 82 valence electrons. The highest BCUT2D eigenvalue weighted by Crippen LogP contribution is 2.21. The van der Waals surface area contributed by atoms with Gasteiger partial charge in [-0.05, 0) is 23.3 Å². The number of hydrogen-bond donors (Lipinski definition) is 0. The molecule has 0 atom stereocenters. The lowest BCUT2D eigenvalue weighted by Gasteiger charge is -2.02. The Morgan fingerprint density at radius 2 is 1.41 bits per heavy atom. The van der Waals surface area contributed by atoms with Crippen molar-refractivity contribution in [2.75, 3.05) is 0 Å². The van der Waals surface area contributed by atoms with Crippen LogP contribution in [0, 0.1) is 10.1 Å². The average molecular weight is 302 g/mol. The highest BCUT2D eigenvalue weighted by Gasteiger charge is 2.05. The summed E-state index contributed by atoms with van der Waals surface area (Å²) in [7, 11) is 0. The van der Waals surface area contributed by atoms with Crippen molar-refractivity contribution in [1.82, 2.24) is 0 Å². The van der Waals surface area contributed by atoms with Crippen molar-refractivity contribution >= 4 is 40.5 Å². The molecule has 3 nitrogen and oxygen atoms in total. The first kappa shape index (κ1) is 12.5. The molecule has 5 heteroatoms. The van der Waals surface area contributed by atoms with Gasteiger partial charge in [0.05, 0.1) is 4.92 Å². The summed E-state index contributed by atoms with van der Waals surface area (Å²) in [5.41, 5.74) is 2.20. The molecule has 2 rings (SSSR count). The molecule has 0 saturated heterocycles. The van der Waals surface area contributed by atoms with Crippen molar-refractivity contribution in [2.45, 2.75) is 0 Å². The first-order chi connectivity index (χ1) is 8.20. The molecule has 0 saturated carbocycles. The molecule has 0 heterocycles. The quantitative estimate of drug-likeness (QED) is 0.497. The van der Waals surface area contributed by atoms with Crippen LogP contribution < -0.4 is 3.69 Å². The van der Waals surface area contributed by atoms with E-state index in [0.717, 1.165) is 11.1 Å². The summed E-state index contributed by atoms with van der Waals surface area (Å²) in [4.78, 5) is 10.2. The molecule has 0 aliphatic heterocycles. The van der Waals surface area contributed by atoms with Crippen molar-refractivity contribution in [3.63, 3.8) is 0 Å². The minimum absolute atomic E-state index is 0.123. The Morgan fingerprint density at radius 3 is 1.82 bits per heavy atom. The molecule has 0 unspecified atom stereocenters. The van der Waals surface area contributed by atoms with Gasteiger partial charge in [-0.15, -0.1) is 0 Å². The van der Waals surface area contributed by atoms with E-state index in [9.17, 15) is 10.1 Å². The van der Waals surface area contributed by atoms with Crippen LogP contribution in [0.2, 0.25) is 0 Å². The van der Waals surface area contributed by atoms with E-state index in [1.54, 1.807) is 12.1 Å². The van der Waals surface area contributed by atoms with Crippen molar-refractivity contribution in [1.29, 1.82) is 0 Å². The number of nitro benzene ring substituents is 1. The molecule has 0 aromatic heterocycles. The van der Waals surface area contributed by atoms with Crippen LogP contribution in [0.25, 0.3) is 11.1 Å². The van der Waals surface area contributed by atoms with E-state index in [-0.39, 0.29) is 28.8 Å². The zero-order valence-corrected chi connectivity index (χ0v) is 12.0. The Bertz CT molecular complexity index is 525. The number of hydrogen-bond acceptors (Lipinski definition) is 2. The van der Waals surface area contributed by atoms with Crippen LogP contribution >= 0.6 is 12.9 Å². The number of halogens is 1. The van der Waals surface area contributed by atoms with E-state index in [4.69, 9.17) is 0 Å². The molecule has 2 aromatic rings. The standard InChI is InChI=1S/C12H8NO2.BrH.Mg/c14-13(15)12-8-6-11(7-9-12)10-4-2-1-3-5-10;;/h2-9H;1H;/q;;+1/p-1. The highest BCUT2D eigenvalue weighted by molar-refractivity contribution is 9.23. The van der Waals surface area contributed by atoms with Gasteiger partial charge in [0, 0.05) is 12.1 Å². The summed E-state index contributed by atoms with van der Waals surface area (Å²) in [6.45, 7) is 0. The predicted molar refractivity (Wildman–Crippen MR) is 72.8 cm³/mol. The van der Waals surface area contributed by atoms with Crippen LogP contribution in [0.3, 0.4) is 0 Å². The zero-order valence-electron chi connectivity index (χ0n) is 8.97. The minimum Gasteiger partial charge on any atom is -0.296 e. The molecule has 0 N–H and O–H groups in total. The second-order valence-electron chi connectivity index (χ2n) is 3.63. The highest BCUT2D eigenvalue weighted by atomic mass is 79.9. The first-order valence-corrected chi connectivity index (χ1v) is 9.71. The molecule has 0 fully saturated rings. The number of rotatable bonds is 3. The van der Waals surface area contributed by atoms with Crippen LogP contribution in [0.15, 0.2) is 48.5 Å². The molecular formula is C12H8BrMgNO2. The Balaban J connectivity index is 2.29. The van der Waals surface area contributed by atoms with Gasteiger partial charge in [-0.1, -0.05) is 24.3 Å². The fourth-order valence-corrected chi connectivity index (χ4v) is 3.10. The minimum atomic E-state index is -0.386. The van der Waals surface area contributed by atoms with Gasteiger partial charge in [0.1, 0.15) is 0 Å². The van der Waals surface area contributed by atoms with Gasteiger partial charge in [-0.25, -0.2) is 0 Å². The molecule has 17 heavy (non-hydrogen) atoms. The van der Waals surface area contributed by atoms with Crippen LogP contribution in [-0.4, -0.2) is 23.1 Å². The van der Waals surface area contributed by atoms with Crippen LogP contribution in [0.5, 0.6) is 0 Å². The average Bonchev–Trinajstić information content (AvgIpc) is 2.39. The molecule has 0 amide bonds. The fraction of sp³-hybridized carbons (Fsp3) is 0. The second-order valence-corrected chi connectivity index (χ2v) is 6.40. The largest absolute Gasteiger partial charge is 0.506 e. The molecular weight excluding hydrogens is 294 g/mol. The van der Waals surface area contributed by atoms with E-state index in [2.05, 4.69) is 25.0 Å². The lowest BCUT2D eigenvalue weighted by Crippen LogP contribution is -2.06. The van der Waals surface area contributed by atoms with E-state index in [0.29, 0.717) is 0 Å². The molecule has 0 aliphatic rings. The van der Waals surface area contributed by atoms with Crippen molar-refractivity contribution in [2.24, 2.45) is 0 Å². The maximum atomic E-state index is 10.5. The summed E-state index contributed by atoms with van der Waals surface area (Å²) < 4.78 is 1.34. The molecule has 2 aromatic carbocycles. The van der Waals surface area contributed by atoms with Crippen LogP contribution in [0.1, 0.15) is 0 Å². The number of nitro groups is 1. The maximum absolute atomic E-state index is 10.5. The zero-order chi connectivity index (χ0) is 12.3. The topological polar surface area (TPSA) is 43.1 Å². The number of non-ortho nitro benzene ring substituents is 1. The fourth-order valence-electron chi connectivity index (χ4n) is 1.56. The SMILES string of the molecule is O=[N+]([O-])c1ccc(-c2cc[c]([Mg][Br])cc2)cc1. The van der Waals surface area contributed by atoms with Gasteiger partial charge in [-0.3, -0.25) is 23.0 Å². The predicted octanol–water partition coefficient (Wildman–Crippen LogP) is 2.90. The van der Waals surface area contributed by atoms with Crippen LogP contribution in [0.4, 0.5) is 5.69 Å². The van der Waals surface area contributed by atoms with Crippen LogP contribution in [-0.2, 0) is 0 Å². The van der Waals surface area contributed by atoms with Gasteiger partial charge >= 0.3 is 18.2 Å². The molecule has 0 spiro atoms. The summed E-state index contributed by atoms with van der Waals surface area (Å²) in [5.74, 6) is 0. The Morgan fingerprint density at radius 1 is 0.941 bits per heavy atom. The van der Waals surface area contributed by atoms with E-state index in [1.165, 1.54) is 15.8 Å². The Kier molecular flexibility index (Phi) is 4.14. The number of benzene rings is 2. The summed E-state index contributed by atoms with van der Waals surface area (Å²) in [6.07, 6.45) is 0. The van der Waals surface area contributed by atoms with Gasteiger partial charge in [0.25, 0.3) is 5.69 Å². The summed E-state index contributed by atoms with van der Waals surface area (Å²) in [5, 5.41) is 10.5. The van der Waals surface area contributed by atoms with Gasteiger partial charge < -0.3 is 0 Å². The summed E-state index contributed by atoms with van der Waals surface area (Å²) in [6, 6.07) is 14.9. The van der Waals surface area contributed by atoms with E-state index in [1.807, 2.05) is 12.1 Å². The molecule has 0 bridgehead atoms. The first-order valence-electron chi connectivity index (χ1n) is 5.10. The normalized spacial score (nSPS) is 9.71. The molecule has 0 aliphatic carbocycles. The third-order valence-corrected chi connectivity index (χ3v) is 5.24. The lowest BCUT2D eigenvalue weighted by molar-refractivity contribution is -0.384. The maximum Gasteiger partial charge on any atom is 0.506 e. The number of nitrogens with zero attached hydrogens (tertiary/aromatic N) is 1. The third kappa shape index (κ3) is 3.05. The van der Waals surface area contributed by atoms with E-state index < -0.39 is 0 Å². The van der Waals surface area contributed by atoms with Gasteiger partial charge in [0.2, 0.25) is 0 Å². The summed E-state index contributed by atoms with van der Waals surface area (Å²) >= 11 is 3.23.